The summed E-state index contributed by atoms with van der Waals surface area (Å²) in [6.07, 6.45) is 0. The van der Waals surface area contributed by atoms with Gasteiger partial charge in [0.15, 0.2) is 0 Å². The molecule has 8 heteroatoms. The second kappa shape index (κ2) is 7.59. The largest absolute Gasteiger partial charge is 0.480 e. The summed E-state index contributed by atoms with van der Waals surface area (Å²) in [4.78, 5) is 22.0. The van der Waals surface area contributed by atoms with Crippen molar-refractivity contribution >= 4 is 52.5 Å². The van der Waals surface area contributed by atoms with Crippen LogP contribution >= 0.6 is 35.0 Å². The van der Waals surface area contributed by atoms with Gasteiger partial charge in [0.2, 0.25) is 5.91 Å². The third-order valence-corrected chi connectivity index (χ3v) is 3.85. The number of hydrogen-bond donors (Lipinski definition) is 3. The van der Waals surface area contributed by atoms with Gasteiger partial charge in [0.25, 0.3) is 0 Å². The second-order valence-electron chi connectivity index (χ2n) is 3.64. The maximum Gasteiger partial charge on any atom is 0.321 e. The minimum Gasteiger partial charge on any atom is -0.480 e. The van der Waals surface area contributed by atoms with E-state index in [1.807, 2.05) is 0 Å². The van der Waals surface area contributed by atoms with E-state index in [0.29, 0.717) is 15.7 Å². The molecule has 5 nitrogen and oxygen atoms in total. The van der Waals surface area contributed by atoms with E-state index in [9.17, 15) is 9.59 Å². The Hall–Kier alpha value is -0.950. The molecule has 4 N–H and O–H groups in total. The summed E-state index contributed by atoms with van der Waals surface area (Å²) < 4.78 is 0. The average molecular weight is 323 g/mol. The van der Waals surface area contributed by atoms with Gasteiger partial charge in [0.1, 0.15) is 6.04 Å². The molecule has 1 amide bonds. The number of carbonyl (C=O) groups is 2. The smallest absolute Gasteiger partial charge is 0.321 e. The van der Waals surface area contributed by atoms with Gasteiger partial charge in [-0.1, -0.05) is 23.2 Å². The maximum absolute atomic E-state index is 11.6. The number of rotatable bonds is 6. The highest BCUT2D eigenvalue weighted by atomic mass is 35.5. The van der Waals surface area contributed by atoms with Crippen molar-refractivity contribution in [2.24, 2.45) is 5.73 Å². The van der Waals surface area contributed by atoms with Crippen molar-refractivity contribution in [1.82, 2.24) is 0 Å². The molecular weight excluding hydrogens is 311 g/mol. The van der Waals surface area contributed by atoms with Gasteiger partial charge < -0.3 is 16.2 Å². The number of halogens is 2. The first kappa shape index (κ1) is 16.1. The quantitative estimate of drug-likeness (QED) is 0.745. The molecule has 1 rings (SSSR count). The van der Waals surface area contributed by atoms with E-state index in [4.69, 9.17) is 34.0 Å². The Morgan fingerprint density at radius 1 is 1.37 bits per heavy atom. The van der Waals surface area contributed by atoms with E-state index in [2.05, 4.69) is 5.32 Å². The van der Waals surface area contributed by atoms with Crippen LogP contribution in [0.15, 0.2) is 18.2 Å². The van der Waals surface area contributed by atoms with E-state index in [-0.39, 0.29) is 17.4 Å². The van der Waals surface area contributed by atoms with Crippen LogP contribution in [0, 0.1) is 0 Å². The third-order valence-electron chi connectivity index (χ3n) is 2.05. The molecule has 0 aliphatic rings. The lowest BCUT2D eigenvalue weighted by Gasteiger charge is -2.07. The number of benzene rings is 1. The van der Waals surface area contributed by atoms with Crippen LogP contribution in [0.4, 0.5) is 5.69 Å². The number of anilines is 1. The predicted molar refractivity (Wildman–Crippen MR) is 78.0 cm³/mol. The van der Waals surface area contributed by atoms with Crippen LogP contribution in [0.3, 0.4) is 0 Å². The van der Waals surface area contributed by atoms with Gasteiger partial charge in [-0.3, -0.25) is 9.59 Å². The minimum absolute atomic E-state index is 0.112. The first-order chi connectivity index (χ1) is 8.90. The Labute approximate surface area is 124 Å². The summed E-state index contributed by atoms with van der Waals surface area (Å²) in [6.45, 7) is 0. The second-order valence-corrected chi connectivity index (χ2v) is 5.48. The van der Waals surface area contributed by atoms with E-state index in [1.54, 1.807) is 12.1 Å². The number of nitrogens with two attached hydrogens (primary N) is 1. The summed E-state index contributed by atoms with van der Waals surface area (Å²) in [6, 6.07) is 3.77. The average Bonchev–Trinajstić information content (AvgIpc) is 2.33. The maximum atomic E-state index is 11.6. The lowest BCUT2D eigenvalue weighted by molar-refractivity contribution is -0.137. The molecule has 0 saturated heterocycles. The topological polar surface area (TPSA) is 92.4 Å². The van der Waals surface area contributed by atoms with Gasteiger partial charge in [-0.2, -0.15) is 0 Å². The predicted octanol–water partition coefficient (Wildman–Crippen LogP) is 2.08. The van der Waals surface area contributed by atoms with Crippen molar-refractivity contribution < 1.29 is 14.7 Å². The molecule has 1 atom stereocenters. The third kappa shape index (κ3) is 5.69. The van der Waals surface area contributed by atoms with E-state index >= 15 is 0 Å². The van der Waals surface area contributed by atoms with Gasteiger partial charge >= 0.3 is 5.97 Å². The molecule has 0 aliphatic carbocycles. The van der Waals surface area contributed by atoms with E-state index in [0.717, 1.165) is 11.8 Å². The molecule has 0 saturated carbocycles. The summed E-state index contributed by atoms with van der Waals surface area (Å²) in [5.74, 6) is -1.07. The molecule has 0 radical (unpaired) electrons. The van der Waals surface area contributed by atoms with Crippen LogP contribution in [0.2, 0.25) is 10.0 Å². The highest BCUT2D eigenvalue weighted by Crippen LogP contribution is 2.25. The summed E-state index contributed by atoms with van der Waals surface area (Å²) in [7, 11) is 0. The van der Waals surface area contributed by atoms with Gasteiger partial charge in [-0.05, 0) is 18.2 Å². The monoisotopic (exact) mass is 322 g/mol. The van der Waals surface area contributed by atoms with Gasteiger partial charge in [0, 0.05) is 11.4 Å². The first-order valence-corrected chi connectivity index (χ1v) is 7.12. The lowest BCUT2D eigenvalue weighted by atomic mass is 10.3. The Morgan fingerprint density at radius 2 is 2.05 bits per heavy atom. The standard InChI is InChI=1S/C11H12Cl2N2O3S/c12-7-2-1-6(3-8(7)13)15-10(16)5-19-4-9(14)11(17)18/h1-3,9H,4-5,14H2,(H,15,16)(H,17,18). The highest BCUT2D eigenvalue weighted by Gasteiger charge is 2.12. The lowest BCUT2D eigenvalue weighted by Crippen LogP contribution is -2.33. The zero-order valence-corrected chi connectivity index (χ0v) is 12.1. The molecule has 1 aromatic rings. The molecular formula is C11H12Cl2N2O3S. The molecule has 19 heavy (non-hydrogen) atoms. The number of aliphatic carboxylic acids is 1. The van der Waals surface area contributed by atoms with Crippen molar-refractivity contribution in [2.75, 3.05) is 16.8 Å². The Morgan fingerprint density at radius 3 is 2.63 bits per heavy atom. The van der Waals surface area contributed by atoms with Gasteiger partial charge in [0.05, 0.1) is 15.8 Å². The van der Waals surface area contributed by atoms with Crippen molar-refractivity contribution in [2.45, 2.75) is 6.04 Å². The molecule has 0 spiro atoms. The minimum atomic E-state index is -1.09. The molecule has 1 aromatic carbocycles. The van der Waals surface area contributed by atoms with Crippen molar-refractivity contribution in [3.05, 3.63) is 28.2 Å². The SMILES string of the molecule is NC(CSCC(=O)Nc1ccc(Cl)c(Cl)c1)C(=O)O. The number of carboxylic acid groups (broad SMARTS) is 1. The molecule has 0 bridgehead atoms. The fourth-order valence-corrected chi connectivity index (χ4v) is 2.19. The van der Waals surface area contributed by atoms with E-state index < -0.39 is 12.0 Å². The fraction of sp³-hybridized carbons (Fsp3) is 0.273. The van der Waals surface area contributed by atoms with Crippen LogP contribution in [0.5, 0.6) is 0 Å². The van der Waals surface area contributed by atoms with Crippen LogP contribution in [-0.4, -0.2) is 34.5 Å². The van der Waals surface area contributed by atoms with Crippen molar-refractivity contribution in [3.8, 4) is 0 Å². The highest BCUT2D eigenvalue weighted by molar-refractivity contribution is 8.00. The molecule has 0 fully saturated rings. The zero-order chi connectivity index (χ0) is 14.4. The first-order valence-electron chi connectivity index (χ1n) is 5.21. The molecule has 0 aliphatic heterocycles. The van der Waals surface area contributed by atoms with E-state index in [1.165, 1.54) is 6.07 Å². The van der Waals surface area contributed by atoms with Crippen LogP contribution in [-0.2, 0) is 9.59 Å². The number of carbonyl (C=O) groups excluding carboxylic acids is 1. The number of nitrogens with one attached hydrogen (secondary N) is 1. The van der Waals surface area contributed by atoms with Gasteiger partial charge in [-0.25, -0.2) is 0 Å². The summed E-state index contributed by atoms with van der Waals surface area (Å²) in [5.41, 5.74) is 5.84. The molecule has 104 valence electrons. The molecule has 1 unspecified atom stereocenters. The van der Waals surface area contributed by atoms with Crippen LogP contribution < -0.4 is 11.1 Å². The normalized spacial score (nSPS) is 11.9. The number of carboxylic acids is 1. The zero-order valence-electron chi connectivity index (χ0n) is 9.73. The van der Waals surface area contributed by atoms with Crippen molar-refractivity contribution in [1.29, 1.82) is 0 Å². The van der Waals surface area contributed by atoms with Crippen LogP contribution in [0.1, 0.15) is 0 Å². The van der Waals surface area contributed by atoms with Gasteiger partial charge in [-0.15, -0.1) is 11.8 Å². The van der Waals surface area contributed by atoms with Crippen molar-refractivity contribution in [3.63, 3.8) is 0 Å². The Bertz CT molecular complexity index is 485. The summed E-state index contributed by atoms with van der Waals surface area (Å²) in [5, 5.41) is 11.9. The number of amides is 1. The Balaban J connectivity index is 2.39. The summed E-state index contributed by atoms with van der Waals surface area (Å²) >= 11 is 12.7. The Kier molecular flexibility index (Phi) is 6.44. The number of thioether (sulfide) groups is 1. The van der Waals surface area contributed by atoms with Crippen LogP contribution in [0.25, 0.3) is 0 Å². The number of hydrogen-bond acceptors (Lipinski definition) is 4. The molecule has 0 heterocycles. The molecule has 0 aromatic heterocycles. The fourth-order valence-electron chi connectivity index (χ4n) is 1.12.